The molecule has 0 amide bonds. The third-order valence-corrected chi connectivity index (χ3v) is 5.83. The molecule has 0 aliphatic carbocycles. The first-order valence-electron chi connectivity index (χ1n) is 12.9. The summed E-state index contributed by atoms with van der Waals surface area (Å²) in [6, 6.07) is 10.7. The van der Waals surface area contributed by atoms with Gasteiger partial charge in [0.15, 0.2) is 0 Å². The summed E-state index contributed by atoms with van der Waals surface area (Å²) in [6.07, 6.45) is 27.2. The van der Waals surface area contributed by atoms with Crippen molar-refractivity contribution >= 4 is 0 Å². The minimum atomic E-state index is 0.881. The van der Waals surface area contributed by atoms with Gasteiger partial charge in [-0.2, -0.15) is 0 Å². The highest BCUT2D eigenvalue weighted by atomic mass is 16.5. The number of hydrogen-bond donors (Lipinski definition) is 0. The Morgan fingerprint density at radius 2 is 1.07 bits per heavy atom. The van der Waals surface area contributed by atoms with Crippen LogP contribution in [0.15, 0.2) is 30.3 Å². The number of benzene rings is 1. The Morgan fingerprint density at radius 1 is 0.586 bits per heavy atom. The molecule has 0 saturated carbocycles. The van der Waals surface area contributed by atoms with Crippen molar-refractivity contribution in [3.63, 3.8) is 0 Å². The van der Waals surface area contributed by atoms with Crippen molar-refractivity contribution in [2.75, 3.05) is 13.2 Å². The Bertz CT molecular complexity index is 414. The van der Waals surface area contributed by atoms with E-state index in [4.69, 9.17) is 4.74 Å². The first-order valence-corrected chi connectivity index (χ1v) is 12.9. The molecule has 0 aromatic heterocycles. The third kappa shape index (κ3) is 18.9. The molecule has 1 radical (unpaired) electrons. The highest BCUT2D eigenvalue weighted by Crippen LogP contribution is 2.13. The van der Waals surface area contributed by atoms with E-state index >= 15 is 0 Å². The molecule has 0 bridgehead atoms. The van der Waals surface area contributed by atoms with Crippen LogP contribution in [0.4, 0.5) is 0 Å². The van der Waals surface area contributed by atoms with Crippen molar-refractivity contribution in [3.05, 3.63) is 42.3 Å². The zero-order valence-corrected chi connectivity index (χ0v) is 19.5. The van der Waals surface area contributed by atoms with Crippen LogP contribution < -0.4 is 0 Å². The maximum Gasteiger partial charge on any atom is 0.0468 e. The molecule has 0 fully saturated rings. The molecule has 0 atom stereocenters. The topological polar surface area (TPSA) is 9.23 Å². The maximum atomic E-state index is 5.76. The first-order chi connectivity index (χ1) is 14.4. The van der Waals surface area contributed by atoms with E-state index in [0.29, 0.717) is 0 Å². The van der Waals surface area contributed by atoms with Crippen LogP contribution in [0.25, 0.3) is 0 Å². The van der Waals surface area contributed by atoms with Gasteiger partial charge in [0.2, 0.25) is 0 Å². The van der Waals surface area contributed by atoms with E-state index in [1.165, 1.54) is 108 Å². The van der Waals surface area contributed by atoms with Gasteiger partial charge in [-0.1, -0.05) is 134 Å². The van der Waals surface area contributed by atoms with Crippen LogP contribution in [0.1, 0.15) is 122 Å². The first kappa shape index (κ1) is 26.2. The zero-order chi connectivity index (χ0) is 20.7. The van der Waals surface area contributed by atoms with E-state index in [0.717, 1.165) is 26.1 Å². The number of hydrogen-bond acceptors (Lipinski definition) is 1. The average Bonchev–Trinajstić information content (AvgIpc) is 2.75. The van der Waals surface area contributed by atoms with Gasteiger partial charge in [0, 0.05) is 13.2 Å². The largest absolute Gasteiger partial charge is 0.381 e. The van der Waals surface area contributed by atoms with Crippen LogP contribution in [0.3, 0.4) is 0 Å². The fourth-order valence-electron chi connectivity index (χ4n) is 3.90. The molecule has 0 saturated heterocycles. The summed E-state index contributed by atoms with van der Waals surface area (Å²) in [5.41, 5.74) is 1.39. The molecule has 1 aromatic carbocycles. The Labute approximate surface area is 183 Å². The van der Waals surface area contributed by atoms with Crippen LogP contribution >= 0.6 is 0 Å². The lowest BCUT2D eigenvalue weighted by molar-refractivity contribution is 0.132. The van der Waals surface area contributed by atoms with Crippen molar-refractivity contribution < 1.29 is 4.74 Å². The fraction of sp³-hybridized carbons (Fsp3) is 0.750. The van der Waals surface area contributed by atoms with Crippen LogP contribution in [-0.2, 0) is 11.2 Å². The predicted octanol–water partition coefficient (Wildman–Crippen LogP) is 9.10. The molecule has 1 aromatic rings. The molecule has 1 heteroatoms. The molecule has 29 heavy (non-hydrogen) atoms. The van der Waals surface area contributed by atoms with E-state index in [9.17, 15) is 0 Å². The van der Waals surface area contributed by atoms with E-state index in [2.05, 4.69) is 43.7 Å². The van der Waals surface area contributed by atoms with Crippen molar-refractivity contribution in [2.45, 2.75) is 122 Å². The Hall–Kier alpha value is -0.820. The van der Waals surface area contributed by atoms with Crippen LogP contribution in [-0.4, -0.2) is 13.2 Å². The summed E-state index contributed by atoms with van der Waals surface area (Å²) in [7, 11) is 0. The number of ether oxygens (including phenoxy) is 1. The third-order valence-electron chi connectivity index (χ3n) is 5.83. The van der Waals surface area contributed by atoms with E-state index in [-0.39, 0.29) is 0 Å². The monoisotopic (exact) mass is 401 g/mol. The Morgan fingerprint density at radius 3 is 1.59 bits per heavy atom. The van der Waals surface area contributed by atoms with Gasteiger partial charge in [-0.05, 0) is 31.2 Å². The van der Waals surface area contributed by atoms with Crippen molar-refractivity contribution in [1.29, 1.82) is 0 Å². The molecule has 1 nitrogen and oxygen atoms in total. The molecular formula is C28H49O. The quantitative estimate of drug-likeness (QED) is 0.176. The molecule has 0 unspecified atom stereocenters. The molecule has 0 spiro atoms. The molecule has 0 aliphatic rings. The average molecular weight is 402 g/mol. The summed E-state index contributed by atoms with van der Waals surface area (Å²) < 4.78 is 5.76. The van der Waals surface area contributed by atoms with E-state index < -0.39 is 0 Å². The van der Waals surface area contributed by atoms with E-state index in [1.807, 2.05) is 0 Å². The predicted molar refractivity (Wildman–Crippen MR) is 129 cm³/mol. The minimum Gasteiger partial charge on any atom is -0.381 e. The smallest absolute Gasteiger partial charge is 0.0468 e. The van der Waals surface area contributed by atoms with Crippen molar-refractivity contribution in [1.82, 2.24) is 0 Å². The van der Waals surface area contributed by atoms with Gasteiger partial charge in [0.25, 0.3) is 0 Å². The summed E-state index contributed by atoms with van der Waals surface area (Å²) >= 11 is 0. The van der Waals surface area contributed by atoms with Crippen LogP contribution in [0.5, 0.6) is 0 Å². The summed E-state index contributed by atoms with van der Waals surface area (Å²) in [6.45, 7) is 4.12. The summed E-state index contributed by atoms with van der Waals surface area (Å²) in [4.78, 5) is 0. The summed E-state index contributed by atoms with van der Waals surface area (Å²) in [5, 5.41) is 0. The van der Waals surface area contributed by atoms with Crippen molar-refractivity contribution in [2.24, 2.45) is 0 Å². The molecule has 0 aliphatic heterocycles. The fourth-order valence-corrected chi connectivity index (χ4v) is 3.90. The van der Waals surface area contributed by atoms with Crippen molar-refractivity contribution in [3.8, 4) is 0 Å². The lowest BCUT2D eigenvalue weighted by atomic mass is 10.0. The van der Waals surface area contributed by atoms with Crippen LogP contribution in [0.2, 0.25) is 0 Å². The second-order valence-corrected chi connectivity index (χ2v) is 8.68. The lowest BCUT2D eigenvalue weighted by Gasteiger charge is -2.05. The standard InChI is InChI=1S/C28H49O/c1-2-3-4-5-6-7-8-9-10-11-12-13-14-15-16-21-26-29-27-22-20-25-28-23-18-17-19-24-28/h17-20,23-24H,2-16,21-22,25-27H2,1H3. The van der Waals surface area contributed by atoms with Crippen LogP contribution in [0, 0.1) is 6.42 Å². The highest BCUT2D eigenvalue weighted by molar-refractivity contribution is 5.16. The number of unbranched alkanes of at least 4 members (excludes halogenated alkanes) is 16. The number of rotatable bonds is 22. The molecule has 1 rings (SSSR count). The maximum absolute atomic E-state index is 5.76. The Kier molecular flexibility index (Phi) is 19.8. The summed E-state index contributed by atoms with van der Waals surface area (Å²) in [5.74, 6) is 0. The van der Waals surface area contributed by atoms with Gasteiger partial charge in [-0.15, -0.1) is 0 Å². The van der Waals surface area contributed by atoms with Gasteiger partial charge in [-0.25, -0.2) is 0 Å². The molecule has 0 heterocycles. The van der Waals surface area contributed by atoms with Gasteiger partial charge in [0.05, 0.1) is 0 Å². The second-order valence-electron chi connectivity index (χ2n) is 8.68. The SMILES string of the molecule is CCCCCCCCCCCCCCCCCCOCC[CH]Cc1ccccc1. The minimum absolute atomic E-state index is 0.881. The van der Waals surface area contributed by atoms with E-state index in [1.54, 1.807) is 0 Å². The van der Waals surface area contributed by atoms with Gasteiger partial charge < -0.3 is 4.74 Å². The molecule has 167 valence electrons. The van der Waals surface area contributed by atoms with Gasteiger partial charge >= 0.3 is 0 Å². The van der Waals surface area contributed by atoms with Gasteiger partial charge in [0.1, 0.15) is 0 Å². The van der Waals surface area contributed by atoms with Gasteiger partial charge in [-0.3, -0.25) is 0 Å². The normalized spacial score (nSPS) is 11.2. The second kappa shape index (κ2) is 21.9. The highest BCUT2D eigenvalue weighted by Gasteiger charge is 1.96. The molecular weight excluding hydrogens is 352 g/mol. The Balaban J connectivity index is 1.66. The molecule has 0 N–H and O–H groups in total. The lowest BCUT2D eigenvalue weighted by Crippen LogP contribution is -1.98. The zero-order valence-electron chi connectivity index (χ0n) is 19.5.